The Morgan fingerprint density at radius 1 is 1.02 bits per heavy atom. The number of Topliss-reactive ketones (excluding diaryl/α,β-unsaturated/α-hetero) is 1. The van der Waals surface area contributed by atoms with Crippen molar-refractivity contribution < 1.29 is 29.0 Å². The lowest BCUT2D eigenvalue weighted by molar-refractivity contribution is -0.138. The third-order valence-corrected chi connectivity index (χ3v) is 6.53. The van der Waals surface area contributed by atoms with Crippen LogP contribution in [0.2, 0.25) is 0 Å². The van der Waals surface area contributed by atoms with Gasteiger partial charge in [-0.25, -0.2) is 9.59 Å². The number of para-hydroxylation sites is 1. The predicted octanol–water partition coefficient (Wildman–Crippen LogP) is 3.98. The number of anilines is 2. The normalized spacial score (nSPS) is 11.3. The molecule has 0 aliphatic heterocycles. The fraction of sp³-hybridized carbons (Fsp3) is 0.448. The van der Waals surface area contributed by atoms with Gasteiger partial charge in [0.2, 0.25) is 0 Å². The second kappa shape index (κ2) is 16.1. The van der Waals surface area contributed by atoms with Gasteiger partial charge in [0.25, 0.3) is 0 Å². The molecule has 0 fully saturated rings. The van der Waals surface area contributed by atoms with Gasteiger partial charge in [0.15, 0.2) is 0 Å². The first-order valence-corrected chi connectivity index (χ1v) is 13.2. The van der Waals surface area contributed by atoms with E-state index in [1.165, 1.54) is 12.0 Å². The number of nitrogens with zero attached hydrogens (tertiary/aromatic N) is 2. The molecule has 4 N–H and O–H groups in total. The van der Waals surface area contributed by atoms with Crippen LogP contribution in [0, 0.1) is 6.92 Å². The maximum absolute atomic E-state index is 12.4. The maximum atomic E-state index is 12.4. The van der Waals surface area contributed by atoms with Crippen LogP contribution in [0.4, 0.5) is 21.0 Å². The minimum absolute atomic E-state index is 0.0606. The summed E-state index contributed by atoms with van der Waals surface area (Å²) in [6, 6.07) is 11.9. The minimum Gasteiger partial charge on any atom is -0.495 e. The Labute approximate surface area is 235 Å². The predicted molar refractivity (Wildman–Crippen MR) is 155 cm³/mol. The van der Waals surface area contributed by atoms with Gasteiger partial charge in [0.05, 0.1) is 25.8 Å². The minimum atomic E-state index is -0.949. The number of nitrogens with one attached hydrogen (secondary N) is 3. The molecule has 0 saturated carbocycles. The highest BCUT2D eigenvalue weighted by molar-refractivity contribution is 6.01. The molecular formula is C29H41N5O6. The molecule has 40 heavy (non-hydrogen) atoms. The number of amides is 4. The van der Waals surface area contributed by atoms with E-state index in [1.54, 1.807) is 32.0 Å². The summed E-state index contributed by atoms with van der Waals surface area (Å²) < 4.78 is 5.44. The molecule has 1 unspecified atom stereocenters. The summed E-state index contributed by atoms with van der Waals surface area (Å²) in [5.41, 5.74) is 3.11. The lowest BCUT2D eigenvalue weighted by Crippen LogP contribution is -2.44. The van der Waals surface area contributed by atoms with Crippen LogP contribution >= 0.6 is 0 Å². The van der Waals surface area contributed by atoms with Gasteiger partial charge in [0, 0.05) is 38.8 Å². The molecule has 11 heteroatoms. The van der Waals surface area contributed by atoms with Crippen molar-refractivity contribution in [1.29, 1.82) is 0 Å². The summed E-state index contributed by atoms with van der Waals surface area (Å²) in [6.45, 7) is 4.88. The van der Waals surface area contributed by atoms with Gasteiger partial charge in [-0.1, -0.05) is 24.3 Å². The number of hydrogen-bond acceptors (Lipinski definition) is 6. The zero-order valence-electron chi connectivity index (χ0n) is 24.0. The van der Waals surface area contributed by atoms with Crippen LogP contribution in [-0.4, -0.2) is 85.6 Å². The Morgan fingerprint density at radius 2 is 1.73 bits per heavy atom. The molecule has 0 spiro atoms. The summed E-state index contributed by atoms with van der Waals surface area (Å²) >= 11 is 0. The van der Waals surface area contributed by atoms with Crippen molar-refractivity contribution in [1.82, 2.24) is 15.1 Å². The van der Waals surface area contributed by atoms with Crippen molar-refractivity contribution in [2.45, 2.75) is 45.6 Å². The third-order valence-electron chi connectivity index (χ3n) is 6.53. The van der Waals surface area contributed by atoms with Crippen LogP contribution in [0.3, 0.4) is 0 Å². The first kappa shape index (κ1) is 32.1. The topological polar surface area (TPSA) is 140 Å². The number of aryl methyl sites for hydroxylation is 2. The molecule has 0 saturated heterocycles. The van der Waals surface area contributed by atoms with E-state index in [9.17, 15) is 19.2 Å². The fourth-order valence-electron chi connectivity index (χ4n) is 3.97. The molecule has 218 valence electrons. The molecular weight excluding hydrogens is 514 g/mol. The van der Waals surface area contributed by atoms with Gasteiger partial charge in [-0.3, -0.25) is 9.59 Å². The monoisotopic (exact) mass is 555 g/mol. The molecule has 2 rings (SSSR count). The quantitative estimate of drug-likeness (QED) is 0.244. The van der Waals surface area contributed by atoms with E-state index < -0.39 is 12.0 Å². The summed E-state index contributed by atoms with van der Waals surface area (Å²) in [5.74, 6) is -0.384. The first-order chi connectivity index (χ1) is 19.0. The van der Waals surface area contributed by atoms with E-state index in [1.807, 2.05) is 43.3 Å². The summed E-state index contributed by atoms with van der Waals surface area (Å²) in [6.07, 6.45) is 1.42. The number of carboxylic acid groups (broad SMARTS) is 1. The SMILES string of the molecule is COc1cc(CCC(=O)CNCCCN(C)C(=O)N(C)C(C)CC(=O)O)ccc1NC(=O)Nc1ccccc1C. The second-order valence-electron chi connectivity index (χ2n) is 9.76. The smallest absolute Gasteiger partial charge is 0.323 e. The largest absolute Gasteiger partial charge is 0.495 e. The van der Waals surface area contributed by atoms with E-state index in [-0.39, 0.29) is 30.8 Å². The zero-order chi connectivity index (χ0) is 29.7. The van der Waals surface area contributed by atoms with Crippen LogP contribution in [-0.2, 0) is 16.0 Å². The van der Waals surface area contributed by atoms with Gasteiger partial charge >= 0.3 is 18.0 Å². The molecule has 1 atom stereocenters. The van der Waals surface area contributed by atoms with Crippen molar-refractivity contribution in [3.05, 3.63) is 53.6 Å². The van der Waals surface area contributed by atoms with Gasteiger partial charge in [-0.15, -0.1) is 0 Å². The number of ketones is 1. The molecule has 4 amide bonds. The molecule has 11 nitrogen and oxygen atoms in total. The number of hydrogen-bond donors (Lipinski definition) is 4. The number of rotatable bonds is 15. The Hall–Kier alpha value is -4.12. The second-order valence-corrected chi connectivity index (χ2v) is 9.76. The zero-order valence-corrected chi connectivity index (χ0v) is 24.0. The molecule has 0 aromatic heterocycles. The van der Waals surface area contributed by atoms with Crippen molar-refractivity contribution >= 4 is 35.2 Å². The van der Waals surface area contributed by atoms with Gasteiger partial charge in [-0.05, 0) is 62.6 Å². The molecule has 0 heterocycles. The van der Waals surface area contributed by atoms with Gasteiger partial charge < -0.3 is 35.6 Å². The number of carbonyl (C=O) groups is 4. The van der Waals surface area contributed by atoms with Crippen LogP contribution < -0.4 is 20.7 Å². The third kappa shape index (κ3) is 10.6. The Kier molecular flexibility index (Phi) is 12.9. The number of carbonyl (C=O) groups excluding carboxylic acids is 3. The highest BCUT2D eigenvalue weighted by atomic mass is 16.5. The van der Waals surface area contributed by atoms with E-state index in [0.717, 1.165) is 16.8 Å². The number of benzene rings is 2. The van der Waals surface area contributed by atoms with E-state index in [2.05, 4.69) is 16.0 Å². The summed E-state index contributed by atoms with van der Waals surface area (Å²) in [5, 5.41) is 17.6. The number of carboxylic acids is 1. The average molecular weight is 556 g/mol. The van der Waals surface area contributed by atoms with Crippen molar-refractivity contribution in [3.63, 3.8) is 0 Å². The molecule has 0 aliphatic carbocycles. The Bertz CT molecular complexity index is 1170. The van der Waals surface area contributed by atoms with Gasteiger partial charge in [0.1, 0.15) is 11.5 Å². The van der Waals surface area contributed by atoms with E-state index >= 15 is 0 Å². The van der Waals surface area contributed by atoms with Crippen molar-refractivity contribution in [3.8, 4) is 5.75 Å². The Balaban J connectivity index is 1.72. The van der Waals surface area contributed by atoms with Crippen molar-refractivity contribution in [2.24, 2.45) is 0 Å². The lowest BCUT2D eigenvalue weighted by atomic mass is 10.1. The molecule has 0 bridgehead atoms. The highest BCUT2D eigenvalue weighted by Crippen LogP contribution is 2.26. The number of methoxy groups -OCH3 is 1. The molecule has 2 aromatic rings. The number of ether oxygens (including phenoxy) is 1. The van der Waals surface area contributed by atoms with Crippen LogP contribution in [0.5, 0.6) is 5.75 Å². The maximum Gasteiger partial charge on any atom is 0.323 e. The summed E-state index contributed by atoms with van der Waals surface area (Å²) in [7, 11) is 4.79. The lowest BCUT2D eigenvalue weighted by Gasteiger charge is -2.29. The van der Waals surface area contributed by atoms with Crippen LogP contribution in [0.1, 0.15) is 37.3 Å². The average Bonchev–Trinajstić information content (AvgIpc) is 2.92. The first-order valence-electron chi connectivity index (χ1n) is 13.2. The Morgan fingerprint density at radius 3 is 2.40 bits per heavy atom. The standard InChI is InChI=1S/C29H41N5O6/c1-20-9-6-7-10-24(20)31-28(38)32-25-14-12-22(18-26(25)40-5)11-13-23(35)19-30-15-8-16-33(3)29(39)34(4)21(2)17-27(36)37/h6-7,9-10,12,14,18,21,30H,8,11,13,15-17,19H2,1-5H3,(H,36,37)(H2,31,32,38). The highest BCUT2D eigenvalue weighted by Gasteiger charge is 2.21. The van der Waals surface area contributed by atoms with Crippen LogP contribution in [0.25, 0.3) is 0 Å². The van der Waals surface area contributed by atoms with E-state index in [0.29, 0.717) is 43.8 Å². The van der Waals surface area contributed by atoms with Crippen molar-refractivity contribution in [2.75, 3.05) is 51.5 Å². The summed E-state index contributed by atoms with van der Waals surface area (Å²) in [4.78, 5) is 51.0. The molecule has 2 aromatic carbocycles. The fourth-order valence-corrected chi connectivity index (χ4v) is 3.97. The molecule has 0 radical (unpaired) electrons. The van der Waals surface area contributed by atoms with Crippen LogP contribution in [0.15, 0.2) is 42.5 Å². The number of urea groups is 2. The number of aliphatic carboxylic acids is 1. The van der Waals surface area contributed by atoms with E-state index in [4.69, 9.17) is 9.84 Å². The molecule has 0 aliphatic rings. The van der Waals surface area contributed by atoms with Gasteiger partial charge in [-0.2, -0.15) is 0 Å².